The summed E-state index contributed by atoms with van der Waals surface area (Å²) in [5.74, 6) is 0.897. The molecule has 11 heteroatoms. The van der Waals surface area contributed by atoms with Crippen molar-refractivity contribution < 1.29 is 18.5 Å². The van der Waals surface area contributed by atoms with Crippen molar-refractivity contribution in [3.63, 3.8) is 0 Å². The quantitative estimate of drug-likeness (QED) is 0.610. The van der Waals surface area contributed by atoms with Crippen LogP contribution in [0.2, 0.25) is 0 Å². The van der Waals surface area contributed by atoms with Crippen LogP contribution in [0.5, 0.6) is 11.5 Å². The van der Waals surface area contributed by atoms with Gasteiger partial charge in [-0.3, -0.25) is 22.9 Å². The zero-order valence-electron chi connectivity index (χ0n) is 16.9. The summed E-state index contributed by atoms with van der Waals surface area (Å²) in [6.07, 6.45) is 1.38. The standard InChI is InChI=1S/C20H20N4O6S/c1-23-18-14(19(26)24(2)20(23)27)9-12(11-21-18)22-17(25)5-8-31(28)13-3-4-15-16(10-13)30-7-6-29-15/h3-4,9-11H,5-8H2,1-2H3,(H,22,25). The maximum atomic E-state index is 12.6. The van der Waals surface area contributed by atoms with E-state index < -0.39 is 22.0 Å². The highest BCUT2D eigenvalue weighted by atomic mass is 32.2. The molecule has 1 amide bonds. The van der Waals surface area contributed by atoms with E-state index in [1.807, 2.05) is 0 Å². The van der Waals surface area contributed by atoms with Gasteiger partial charge in [0.1, 0.15) is 18.9 Å². The smallest absolute Gasteiger partial charge is 0.332 e. The first-order valence-corrected chi connectivity index (χ1v) is 10.8. The molecule has 1 aromatic carbocycles. The van der Waals surface area contributed by atoms with Crippen molar-refractivity contribution in [1.29, 1.82) is 0 Å². The monoisotopic (exact) mass is 444 g/mol. The van der Waals surface area contributed by atoms with Crippen molar-refractivity contribution >= 4 is 33.4 Å². The molecule has 162 valence electrons. The Bertz CT molecular complexity index is 1330. The molecule has 0 fully saturated rings. The Morgan fingerprint density at radius 3 is 2.65 bits per heavy atom. The van der Waals surface area contributed by atoms with Gasteiger partial charge in [-0.2, -0.15) is 0 Å². The number of rotatable bonds is 5. The normalized spacial score (nSPS) is 13.7. The first kappa shape index (κ1) is 20.8. The molecule has 1 aliphatic heterocycles. The van der Waals surface area contributed by atoms with Crippen LogP contribution < -0.4 is 26.0 Å². The number of ether oxygens (including phenoxy) is 2. The fourth-order valence-corrected chi connectivity index (χ4v) is 4.29. The average Bonchev–Trinajstić information content (AvgIpc) is 2.79. The van der Waals surface area contributed by atoms with Gasteiger partial charge in [-0.05, 0) is 18.2 Å². The van der Waals surface area contributed by atoms with Crippen molar-refractivity contribution in [3.05, 3.63) is 51.3 Å². The number of nitrogens with zero attached hydrogens (tertiary/aromatic N) is 3. The molecule has 3 heterocycles. The van der Waals surface area contributed by atoms with Crippen LogP contribution in [-0.2, 0) is 29.7 Å². The first-order chi connectivity index (χ1) is 14.8. The van der Waals surface area contributed by atoms with Crippen molar-refractivity contribution in [2.75, 3.05) is 24.3 Å². The van der Waals surface area contributed by atoms with Crippen LogP contribution in [0.15, 0.2) is 44.9 Å². The largest absolute Gasteiger partial charge is 0.486 e. The average molecular weight is 444 g/mol. The lowest BCUT2D eigenvalue weighted by Gasteiger charge is -2.18. The second-order valence-corrected chi connectivity index (χ2v) is 8.52. The molecule has 0 aliphatic carbocycles. The maximum absolute atomic E-state index is 12.6. The maximum Gasteiger partial charge on any atom is 0.332 e. The van der Waals surface area contributed by atoms with Gasteiger partial charge in [0, 0.05) is 37.2 Å². The van der Waals surface area contributed by atoms with Crippen molar-refractivity contribution in [1.82, 2.24) is 14.1 Å². The molecule has 2 aromatic heterocycles. The van der Waals surface area contributed by atoms with Crippen LogP contribution in [0.25, 0.3) is 11.0 Å². The molecule has 0 saturated carbocycles. The SMILES string of the molecule is Cn1c(=O)c2cc(NC(=O)CCS(=O)c3ccc4c(c3)OCCO4)cnc2n(C)c1=O. The number of hydrogen-bond acceptors (Lipinski definition) is 7. The van der Waals surface area contributed by atoms with Gasteiger partial charge in [-0.1, -0.05) is 0 Å². The number of benzene rings is 1. The van der Waals surface area contributed by atoms with E-state index >= 15 is 0 Å². The Morgan fingerprint density at radius 1 is 1.13 bits per heavy atom. The second kappa shape index (κ2) is 8.34. The van der Waals surface area contributed by atoms with Crippen LogP contribution in [-0.4, -0.2) is 43.2 Å². The molecule has 0 saturated heterocycles. The Balaban J connectivity index is 1.44. The number of carbonyl (C=O) groups is 1. The third kappa shape index (κ3) is 4.08. The van der Waals surface area contributed by atoms with Crippen LogP contribution in [0.3, 0.4) is 0 Å². The lowest BCUT2D eigenvalue weighted by atomic mass is 10.3. The van der Waals surface area contributed by atoms with Crippen molar-refractivity contribution in [2.45, 2.75) is 11.3 Å². The number of pyridine rings is 1. The number of hydrogen-bond donors (Lipinski definition) is 1. The third-order valence-corrected chi connectivity index (χ3v) is 6.22. The number of aryl methyl sites for hydroxylation is 1. The zero-order valence-corrected chi connectivity index (χ0v) is 17.7. The lowest BCUT2D eigenvalue weighted by molar-refractivity contribution is -0.115. The number of amides is 1. The minimum absolute atomic E-state index is 0.00434. The van der Waals surface area contributed by atoms with Gasteiger partial charge in [0.25, 0.3) is 5.56 Å². The lowest BCUT2D eigenvalue weighted by Crippen LogP contribution is -2.37. The van der Waals surface area contributed by atoms with E-state index in [2.05, 4.69) is 10.3 Å². The Morgan fingerprint density at radius 2 is 1.87 bits per heavy atom. The van der Waals surface area contributed by atoms with Gasteiger partial charge >= 0.3 is 5.69 Å². The van der Waals surface area contributed by atoms with Gasteiger partial charge in [0.15, 0.2) is 11.5 Å². The summed E-state index contributed by atoms with van der Waals surface area (Å²) in [5, 5.41) is 2.87. The summed E-state index contributed by atoms with van der Waals surface area (Å²) in [4.78, 5) is 41.3. The molecular weight excluding hydrogens is 424 g/mol. The number of nitrogens with one attached hydrogen (secondary N) is 1. The van der Waals surface area contributed by atoms with Gasteiger partial charge in [0.2, 0.25) is 5.91 Å². The van der Waals surface area contributed by atoms with Crippen LogP contribution in [0.4, 0.5) is 5.69 Å². The minimum Gasteiger partial charge on any atom is -0.486 e. The van der Waals surface area contributed by atoms with E-state index in [0.717, 1.165) is 4.57 Å². The molecule has 0 bridgehead atoms. The Labute approximate surface area is 178 Å². The highest BCUT2D eigenvalue weighted by Gasteiger charge is 2.16. The molecule has 1 atom stereocenters. The summed E-state index contributed by atoms with van der Waals surface area (Å²) in [7, 11) is 1.50. The fraction of sp³-hybridized carbons (Fsp3) is 0.300. The molecule has 4 rings (SSSR count). The molecule has 0 radical (unpaired) electrons. The predicted molar refractivity (Wildman–Crippen MR) is 114 cm³/mol. The van der Waals surface area contributed by atoms with Gasteiger partial charge in [0.05, 0.1) is 28.1 Å². The summed E-state index contributed by atoms with van der Waals surface area (Å²) < 4.78 is 25.7. The first-order valence-electron chi connectivity index (χ1n) is 9.49. The third-order valence-electron chi connectivity index (χ3n) is 4.87. The van der Waals surface area contributed by atoms with Gasteiger partial charge < -0.3 is 14.8 Å². The van der Waals surface area contributed by atoms with E-state index in [4.69, 9.17) is 9.47 Å². The number of anilines is 1. The summed E-state index contributed by atoms with van der Waals surface area (Å²) in [6, 6.07) is 6.53. The van der Waals surface area contributed by atoms with Crippen LogP contribution >= 0.6 is 0 Å². The number of carbonyl (C=O) groups excluding carboxylic acids is 1. The highest BCUT2D eigenvalue weighted by molar-refractivity contribution is 7.85. The summed E-state index contributed by atoms with van der Waals surface area (Å²) >= 11 is 0. The van der Waals surface area contributed by atoms with E-state index in [-0.39, 0.29) is 29.1 Å². The van der Waals surface area contributed by atoms with Crippen LogP contribution in [0, 0.1) is 0 Å². The molecule has 3 aromatic rings. The van der Waals surface area contributed by atoms with E-state index in [1.54, 1.807) is 18.2 Å². The van der Waals surface area contributed by atoms with E-state index in [9.17, 15) is 18.6 Å². The number of fused-ring (bicyclic) bond motifs is 2. The van der Waals surface area contributed by atoms with Crippen molar-refractivity contribution in [3.8, 4) is 11.5 Å². The Hall–Kier alpha value is -3.47. The molecule has 10 nitrogen and oxygen atoms in total. The topological polar surface area (TPSA) is 122 Å². The van der Waals surface area contributed by atoms with Crippen molar-refractivity contribution in [2.24, 2.45) is 14.1 Å². The molecule has 1 unspecified atom stereocenters. The summed E-state index contributed by atoms with van der Waals surface area (Å²) in [5.41, 5.74) is -0.436. The minimum atomic E-state index is -1.40. The molecule has 1 N–H and O–H groups in total. The summed E-state index contributed by atoms with van der Waals surface area (Å²) in [6.45, 7) is 0.907. The molecular formula is C20H20N4O6S. The van der Waals surface area contributed by atoms with Crippen LogP contribution in [0.1, 0.15) is 6.42 Å². The zero-order chi connectivity index (χ0) is 22.1. The van der Waals surface area contributed by atoms with Gasteiger partial charge in [-0.25, -0.2) is 9.78 Å². The Kier molecular flexibility index (Phi) is 5.59. The molecule has 31 heavy (non-hydrogen) atoms. The second-order valence-electron chi connectivity index (χ2n) is 6.95. The fourth-order valence-electron chi connectivity index (χ4n) is 3.23. The number of aromatic nitrogens is 3. The highest BCUT2D eigenvalue weighted by Crippen LogP contribution is 2.31. The molecule has 1 aliphatic rings. The van der Waals surface area contributed by atoms with E-state index in [1.165, 1.54) is 30.9 Å². The molecule has 0 spiro atoms. The van der Waals surface area contributed by atoms with E-state index in [0.29, 0.717) is 35.3 Å². The predicted octanol–water partition coefficient (Wildman–Crippen LogP) is 0.540. The van der Waals surface area contributed by atoms with Gasteiger partial charge in [-0.15, -0.1) is 0 Å².